The van der Waals surface area contributed by atoms with Gasteiger partial charge in [-0.2, -0.15) is 0 Å². The Kier molecular flexibility index (Phi) is 5.44. The Morgan fingerprint density at radius 2 is 1.85 bits per heavy atom. The Hall–Kier alpha value is -1.52. The van der Waals surface area contributed by atoms with Crippen LogP contribution in [0.1, 0.15) is 29.8 Å². The van der Waals surface area contributed by atoms with Crippen molar-refractivity contribution in [3.63, 3.8) is 0 Å². The minimum atomic E-state index is 0.163. The normalized spacial score (nSPS) is 12.2. The van der Waals surface area contributed by atoms with E-state index in [9.17, 15) is 0 Å². The lowest BCUT2D eigenvalue weighted by Crippen LogP contribution is -2.22. The molecule has 0 radical (unpaired) electrons. The molecule has 0 aliphatic rings. The van der Waals surface area contributed by atoms with E-state index >= 15 is 0 Å². The van der Waals surface area contributed by atoms with Crippen molar-refractivity contribution >= 4 is 11.3 Å². The first-order valence-electron chi connectivity index (χ1n) is 6.78. The van der Waals surface area contributed by atoms with Crippen LogP contribution in [0.3, 0.4) is 0 Å². The van der Waals surface area contributed by atoms with Gasteiger partial charge in [0.1, 0.15) is 11.5 Å². The van der Waals surface area contributed by atoms with E-state index in [2.05, 4.69) is 29.8 Å². The number of methoxy groups -OCH3 is 2. The molecule has 2 rings (SSSR count). The first kappa shape index (κ1) is 14.9. The van der Waals surface area contributed by atoms with E-state index in [4.69, 9.17) is 9.47 Å². The third-order valence-electron chi connectivity index (χ3n) is 3.19. The molecule has 1 atom stereocenters. The molecule has 1 unspecified atom stereocenters. The van der Waals surface area contributed by atoms with Gasteiger partial charge in [0.05, 0.1) is 25.1 Å². The summed E-state index contributed by atoms with van der Waals surface area (Å²) in [6.45, 7) is 3.14. The fraction of sp³-hybridized carbons (Fsp3) is 0.375. The summed E-state index contributed by atoms with van der Waals surface area (Å²) < 4.78 is 10.7. The summed E-state index contributed by atoms with van der Waals surface area (Å²) in [5.74, 6) is 1.82. The van der Waals surface area contributed by atoms with Gasteiger partial charge in [0.25, 0.3) is 0 Å². The van der Waals surface area contributed by atoms with Gasteiger partial charge in [-0.1, -0.05) is 19.1 Å². The summed E-state index contributed by atoms with van der Waals surface area (Å²) in [7, 11) is 3.40. The molecule has 0 fully saturated rings. The largest absolute Gasteiger partial charge is 0.497 e. The Morgan fingerprint density at radius 1 is 1.10 bits per heavy atom. The molecule has 0 saturated heterocycles. The number of thiophene rings is 1. The molecular weight excluding hydrogens is 270 g/mol. The van der Waals surface area contributed by atoms with E-state index in [1.54, 1.807) is 25.6 Å². The summed E-state index contributed by atoms with van der Waals surface area (Å²) in [4.78, 5) is 1.21. The van der Waals surface area contributed by atoms with Crippen molar-refractivity contribution in [3.8, 4) is 11.5 Å². The standard InChI is InChI=1S/C16H21NO2S/c1-4-10-17-15(16-14(19-3)9-11-20-16)12-5-7-13(18-2)8-6-12/h5-9,11,15,17H,4,10H2,1-3H3. The van der Waals surface area contributed by atoms with Gasteiger partial charge in [0, 0.05) is 0 Å². The fourth-order valence-corrected chi connectivity index (χ4v) is 3.10. The van der Waals surface area contributed by atoms with Crippen molar-refractivity contribution in [1.82, 2.24) is 5.32 Å². The number of nitrogens with one attached hydrogen (secondary N) is 1. The van der Waals surface area contributed by atoms with Gasteiger partial charge in [-0.05, 0) is 42.1 Å². The maximum absolute atomic E-state index is 5.46. The lowest BCUT2D eigenvalue weighted by molar-refractivity contribution is 0.407. The molecule has 0 aliphatic carbocycles. The van der Waals surface area contributed by atoms with Crippen LogP contribution < -0.4 is 14.8 Å². The van der Waals surface area contributed by atoms with E-state index < -0.39 is 0 Å². The lowest BCUT2D eigenvalue weighted by atomic mass is 10.0. The Bertz CT molecular complexity index is 522. The number of rotatable bonds is 7. The van der Waals surface area contributed by atoms with Crippen molar-refractivity contribution in [2.75, 3.05) is 20.8 Å². The van der Waals surface area contributed by atoms with Gasteiger partial charge < -0.3 is 14.8 Å². The van der Waals surface area contributed by atoms with E-state index in [-0.39, 0.29) is 6.04 Å². The first-order chi connectivity index (χ1) is 9.80. The third kappa shape index (κ3) is 3.32. The van der Waals surface area contributed by atoms with Crippen molar-refractivity contribution in [2.24, 2.45) is 0 Å². The van der Waals surface area contributed by atoms with Crippen molar-refractivity contribution < 1.29 is 9.47 Å². The maximum Gasteiger partial charge on any atom is 0.134 e. The van der Waals surface area contributed by atoms with Gasteiger partial charge >= 0.3 is 0 Å². The second-order valence-electron chi connectivity index (χ2n) is 4.51. The SMILES string of the molecule is CCCNC(c1ccc(OC)cc1)c1sccc1OC. The molecule has 108 valence electrons. The predicted molar refractivity (Wildman–Crippen MR) is 84.0 cm³/mol. The van der Waals surface area contributed by atoms with Crippen LogP contribution in [0.4, 0.5) is 0 Å². The molecule has 2 aromatic rings. The molecule has 1 N–H and O–H groups in total. The van der Waals surface area contributed by atoms with Gasteiger partial charge in [0.15, 0.2) is 0 Å². The van der Waals surface area contributed by atoms with Crippen LogP contribution in [-0.4, -0.2) is 20.8 Å². The minimum Gasteiger partial charge on any atom is -0.497 e. The molecular formula is C16H21NO2S. The average Bonchev–Trinajstić information content (AvgIpc) is 2.96. The van der Waals surface area contributed by atoms with Gasteiger partial charge in [-0.25, -0.2) is 0 Å². The fourth-order valence-electron chi connectivity index (χ4n) is 2.14. The second-order valence-corrected chi connectivity index (χ2v) is 5.46. The highest BCUT2D eigenvalue weighted by atomic mass is 32.1. The Morgan fingerprint density at radius 3 is 2.45 bits per heavy atom. The van der Waals surface area contributed by atoms with E-state index in [0.717, 1.165) is 24.5 Å². The Balaban J connectivity index is 2.30. The van der Waals surface area contributed by atoms with Crippen molar-refractivity contribution in [2.45, 2.75) is 19.4 Å². The molecule has 3 nitrogen and oxygen atoms in total. The molecule has 0 spiro atoms. The highest BCUT2D eigenvalue weighted by Gasteiger charge is 2.19. The highest BCUT2D eigenvalue weighted by molar-refractivity contribution is 7.10. The second kappa shape index (κ2) is 7.31. The zero-order valence-corrected chi connectivity index (χ0v) is 13.0. The highest BCUT2D eigenvalue weighted by Crippen LogP contribution is 2.35. The molecule has 1 aromatic carbocycles. The zero-order valence-electron chi connectivity index (χ0n) is 12.2. The molecule has 4 heteroatoms. The summed E-state index contributed by atoms with van der Waals surface area (Å²) in [6.07, 6.45) is 1.10. The van der Waals surface area contributed by atoms with Crippen LogP contribution in [0, 0.1) is 0 Å². The summed E-state index contributed by atoms with van der Waals surface area (Å²) in [5, 5.41) is 5.66. The minimum absolute atomic E-state index is 0.163. The quantitative estimate of drug-likeness (QED) is 0.840. The number of hydrogen-bond acceptors (Lipinski definition) is 4. The van der Waals surface area contributed by atoms with E-state index in [1.165, 1.54) is 10.4 Å². The molecule has 20 heavy (non-hydrogen) atoms. The monoisotopic (exact) mass is 291 g/mol. The van der Waals surface area contributed by atoms with Crippen LogP contribution in [0.25, 0.3) is 0 Å². The van der Waals surface area contributed by atoms with Crippen LogP contribution >= 0.6 is 11.3 Å². The number of hydrogen-bond donors (Lipinski definition) is 1. The molecule has 1 aromatic heterocycles. The Labute approximate surface area is 124 Å². The molecule has 0 aliphatic heterocycles. The molecule has 0 saturated carbocycles. The lowest BCUT2D eigenvalue weighted by Gasteiger charge is -2.19. The van der Waals surface area contributed by atoms with Crippen LogP contribution in [0.15, 0.2) is 35.7 Å². The van der Waals surface area contributed by atoms with Gasteiger partial charge in [0.2, 0.25) is 0 Å². The van der Waals surface area contributed by atoms with E-state index in [1.807, 2.05) is 18.2 Å². The number of ether oxygens (including phenoxy) is 2. The molecule has 1 heterocycles. The topological polar surface area (TPSA) is 30.5 Å². The summed E-state index contributed by atoms with van der Waals surface area (Å²) >= 11 is 1.72. The first-order valence-corrected chi connectivity index (χ1v) is 7.66. The maximum atomic E-state index is 5.46. The average molecular weight is 291 g/mol. The van der Waals surface area contributed by atoms with Crippen molar-refractivity contribution in [3.05, 3.63) is 46.2 Å². The van der Waals surface area contributed by atoms with Crippen molar-refractivity contribution in [1.29, 1.82) is 0 Å². The molecule has 0 amide bonds. The third-order valence-corrected chi connectivity index (χ3v) is 4.15. The summed E-state index contributed by atoms with van der Waals surface area (Å²) in [6, 6.07) is 10.4. The number of benzene rings is 1. The van der Waals surface area contributed by atoms with Gasteiger partial charge in [-0.3, -0.25) is 0 Å². The molecule has 0 bridgehead atoms. The van der Waals surface area contributed by atoms with Gasteiger partial charge in [-0.15, -0.1) is 11.3 Å². The van der Waals surface area contributed by atoms with E-state index in [0.29, 0.717) is 0 Å². The van der Waals surface area contributed by atoms with Crippen LogP contribution in [0.2, 0.25) is 0 Å². The van der Waals surface area contributed by atoms with Crippen LogP contribution in [-0.2, 0) is 0 Å². The summed E-state index contributed by atoms with van der Waals surface area (Å²) in [5.41, 5.74) is 1.22. The zero-order chi connectivity index (χ0) is 14.4. The smallest absolute Gasteiger partial charge is 0.134 e. The van der Waals surface area contributed by atoms with Crippen LogP contribution in [0.5, 0.6) is 11.5 Å². The predicted octanol–water partition coefficient (Wildman–Crippen LogP) is 3.85.